The van der Waals surface area contributed by atoms with E-state index in [9.17, 15) is 0 Å². The smallest absolute Gasteiger partial charge is 2.00 e. The van der Waals surface area contributed by atoms with Crippen molar-refractivity contribution in [1.29, 1.82) is 0 Å². The minimum atomic E-state index is 0. The summed E-state index contributed by atoms with van der Waals surface area (Å²) in [4.78, 5) is 0. The minimum Gasteiger partial charge on any atom is -2.00 e. The molecule has 0 aromatic rings. The summed E-state index contributed by atoms with van der Waals surface area (Å²) in [6.45, 7) is 0. The van der Waals surface area contributed by atoms with Crippen LogP contribution in [0.3, 0.4) is 0 Å². The van der Waals surface area contributed by atoms with Gasteiger partial charge in [0.05, 0.1) is 0 Å². The molecule has 26 valence electrons. The summed E-state index contributed by atoms with van der Waals surface area (Å²) >= 11 is 0. The molecule has 0 amide bonds. The maximum absolute atomic E-state index is 0. The van der Waals surface area contributed by atoms with Gasteiger partial charge in [-0.25, -0.2) is 0 Å². The summed E-state index contributed by atoms with van der Waals surface area (Å²) in [6.07, 6.45) is 0. The van der Waals surface area contributed by atoms with Crippen LogP contribution in [0.2, 0.25) is 0 Å². The van der Waals surface area contributed by atoms with E-state index in [4.69, 9.17) is 0 Å². The van der Waals surface area contributed by atoms with Crippen LogP contribution in [0.1, 0.15) is 0 Å². The molecule has 4 heavy (non-hydrogen) atoms. The molecule has 2 radical (unpaired) electrons. The predicted octanol–water partition coefficient (Wildman–Crippen LogP) is -2.15. The van der Waals surface area contributed by atoms with Crippen LogP contribution >= 0.6 is 0 Å². The first kappa shape index (κ1) is 137. The van der Waals surface area contributed by atoms with E-state index in [-0.39, 0.29) is 40.3 Å². The Bertz CT molecular complexity index is 3.25. The van der Waals surface area contributed by atoms with Gasteiger partial charge in [-0.15, -0.1) is 0 Å². The number of hydrogen-bond donors (Lipinski definition) is 0. The Morgan fingerprint density at radius 1 is 0.750 bits per heavy atom. The van der Waals surface area contributed by atoms with Crippen LogP contribution in [0.4, 0.5) is 0 Å². The first-order valence-corrected chi connectivity index (χ1v) is 0. The van der Waals surface area contributed by atoms with Crippen molar-refractivity contribution in [3.05, 3.63) is 0 Å². The predicted molar refractivity (Wildman–Crippen MR) is 13.7 cm³/mol. The zero-order valence-corrected chi connectivity index (χ0v) is 4.76. The average molecular weight is 171 g/mol. The van der Waals surface area contributed by atoms with Crippen LogP contribution in [-0.2, 0) is 5.48 Å². The van der Waals surface area contributed by atoms with E-state index in [1.807, 2.05) is 0 Å². The van der Waals surface area contributed by atoms with Gasteiger partial charge in [-0.2, -0.15) is 0 Å². The molecule has 0 fully saturated rings. The fraction of sp³-hybridized carbons (Fsp3) is 0. The molecule has 0 aromatic carbocycles. The summed E-state index contributed by atoms with van der Waals surface area (Å²) in [5.74, 6) is 0. The van der Waals surface area contributed by atoms with Crippen molar-refractivity contribution in [1.82, 2.24) is 0 Å². The third-order valence-corrected chi connectivity index (χ3v) is 0. The van der Waals surface area contributed by atoms with Crippen LogP contribution in [0.5, 0.6) is 0 Å². The Kier molecular flexibility index (Phi) is 1970. The van der Waals surface area contributed by atoms with Gasteiger partial charge in [-0.05, 0) is 0 Å². The first-order valence-electron chi connectivity index (χ1n) is 0. The van der Waals surface area contributed by atoms with Crippen molar-refractivity contribution in [2.45, 2.75) is 0 Å². The number of rotatable bonds is 0. The monoisotopic (exact) mass is 172 g/mol. The molecule has 0 heterocycles. The van der Waals surface area contributed by atoms with Gasteiger partial charge in [-0.3, -0.25) is 0 Å². The molecule has 0 rings (SSSR count). The van der Waals surface area contributed by atoms with Crippen molar-refractivity contribution in [2.75, 3.05) is 0 Å². The zero-order valence-electron chi connectivity index (χ0n) is 1.91. The summed E-state index contributed by atoms with van der Waals surface area (Å²) in [5, 5.41) is 0. The van der Waals surface area contributed by atoms with E-state index in [0.29, 0.717) is 0 Å². The van der Waals surface area contributed by atoms with Crippen LogP contribution in [0.25, 0.3) is 0 Å². The van der Waals surface area contributed by atoms with Crippen LogP contribution < -0.4 is 0 Å². The maximum atomic E-state index is 0. The standard InChI is InChI=1S/2H2O.O.Sn/h2*1H2;;/q;;-2;+2. The van der Waals surface area contributed by atoms with Crippen molar-refractivity contribution in [3.63, 3.8) is 0 Å². The van der Waals surface area contributed by atoms with Crippen molar-refractivity contribution in [2.24, 2.45) is 0 Å². The number of hydrogen-bond acceptors (Lipinski definition) is 0. The molecule has 0 spiro atoms. The third kappa shape index (κ3) is 16.4. The Labute approximate surface area is 40.9 Å². The SMILES string of the molecule is O.O.[O-2].[Sn+2]. The van der Waals surface area contributed by atoms with Crippen molar-refractivity contribution < 1.29 is 16.4 Å². The Balaban J connectivity index is 0. The maximum Gasteiger partial charge on any atom is 2.00 e. The fourth-order valence-corrected chi connectivity index (χ4v) is 0. The summed E-state index contributed by atoms with van der Waals surface area (Å²) < 4.78 is 0. The summed E-state index contributed by atoms with van der Waals surface area (Å²) in [6, 6.07) is 0. The van der Waals surface area contributed by atoms with Crippen LogP contribution in [0.15, 0.2) is 0 Å². The van der Waals surface area contributed by atoms with Crippen LogP contribution in [0, 0.1) is 0 Å². The molecular weight excluding hydrogens is 167 g/mol. The molecular formula is H4O3Sn. The van der Waals surface area contributed by atoms with Gasteiger partial charge >= 0.3 is 23.9 Å². The van der Waals surface area contributed by atoms with Gasteiger partial charge in [0.25, 0.3) is 0 Å². The Morgan fingerprint density at radius 3 is 0.750 bits per heavy atom. The Morgan fingerprint density at radius 2 is 0.750 bits per heavy atom. The van der Waals surface area contributed by atoms with E-state index >= 15 is 0 Å². The topological polar surface area (TPSA) is 91.5 Å². The molecule has 0 aliphatic heterocycles. The largest absolute Gasteiger partial charge is 2.00 e. The van der Waals surface area contributed by atoms with Gasteiger partial charge < -0.3 is 16.4 Å². The van der Waals surface area contributed by atoms with E-state index in [1.54, 1.807) is 0 Å². The van der Waals surface area contributed by atoms with E-state index < -0.39 is 0 Å². The van der Waals surface area contributed by atoms with Crippen LogP contribution in [-0.4, -0.2) is 34.9 Å². The fourth-order valence-electron chi connectivity index (χ4n) is 0. The Hall–Kier alpha value is 0.679. The molecule has 0 bridgehead atoms. The normalized spacial score (nSPS) is 0. The van der Waals surface area contributed by atoms with Gasteiger partial charge in [0.1, 0.15) is 0 Å². The van der Waals surface area contributed by atoms with Crippen molar-refractivity contribution in [3.8, 4) is 0 Å². The van der Waals surface area contributed by atoms with Gasteiger partial charge in [-0.1, -0.05) is 0 Å². The molecule has 4 N–H and O–H groups in total. The molecule has 4 heteroatoms. The van der Waals surface area contributed by atoms with Gasteiger partial charge in [0.2, 0.25) is 0 Å². The zero-order chi connectivity index (χ0) is 0. The minimum absolute atomic E-state index is 0. The first-order chi connectivity index (χ1) is 0. The summed E-state index contributed by atoms with van der Waals surface area (Å²) in [7, 11) is 0. The second-order valence-electron chi connectivity index (χ2n) is 0. The average Bonchev–Trinajstić information content (AvgIpc) is 0. The second-order valence-corrected chi connectivity index (χ2v) is 0. The van der Waals surface area contributed by atoms with Gasteiger partial charge in [0.15, 0.2) is 0 Å². The van der Waals surface area contributed by atoms with E-state index in [2.05, 4.69) is 0 Å². The molecule has 0 aliphatic carbocycles. The quantitative estimate of drug-likeness (QED) is 0.371. The molecule has 0 aromatic heterocycles. The van der Waals surface area contributed by atoms with E-state index in [0.717, 1.165) is 0 Å². The second kappa shape index (κ2) is 57.3. The molecule has 3 nitrogen and oxygen atoms in total. The molecule has 0 aliphatic rings. The van der Waals surface area contributed by atoms with Gasteiger partial charge in [0, 0.05) is 0 Å². The third-order valence-electron chi connectivity index (χ3n) is 0. The van der Waals surface area contributed by atoms with Crippen molar-refractivity contribution >= 4 is 23.9 Å². The van der Waals surface area contributed by atoms with E-state index in [1.165, 1.54) is 0 Å². The molecule has 0 saturated carbocycles. The molecule has 0 atom stereocenters. The molecule has 0 saturated heterocycles. The molecule has 0 unspecified atom stereocenters. The summed E-state index contributed by atoms with van der Waals surface area (Å²) in [5.41, 5.74) is 0.